The molecule has 0 saturated carbocycles. The number of nitrogens with zero attached hydrogens (tertiary/aromatic N) is 4. The molecule has 0 aliphatic heterocycles. The summed E-state index contributed by atoms with van der Waals surface area (Å²) in [6, 6.07) is 2.75. The molecule has 1 unspecified atom stereocenters. The monoisotopic (exact) mass is 340 g/mol. The molecule has 24 heavy (non-hydrogen) atoms. The van der Waals surface area contributed by atoms with E-state index in [1.165, 1.54) is 17.0 Å². The molecule has 2 aromatic heterocycles. The van der Waals surface area contributed by atoms with Crippen molar-refractivity contribution in [1.82, 2.24) is 19.7 Å². The molecular formula is C14H11F3N4O3. The maximum absolute atomic E-state index is 12.6. The van der Waals surface area contributed by atoms with Crippen LogP contribution in [0.15, 0.2) is 33.8 Å². The molecule has 3 rings (SSSR count). The van der Waals surface area contributed by atoms with Crippen molar-refractivity contribution in [2.24, 2.45) is 0 Å². The van der Waals surface area contributed by atoms with Crippen LogP contribution in [0.2, 0.25) is 0 Å². The molecule has 1 atom stereocenters. The number of halogens is 3. The van der Waals surface area contributed by atoms with Crippen molar-refractivity contribution in [1.29, 1.82) is 0 Å². The van der Waals surface area contributed by atoms with E-state index >= 15 is 0 Å². The minimum Gasteiger partial charge on any atom is -0.406 e. The van der Waals surface area contributed by atoms with Gasteiger partial charge in [-0.2, -0.15) is 4.98 Å². The number of aromatic nitrogens is 4. The van der Waals surface area contributed by atoms with Crippen LogP contribution < -0.4 is 10.3 Å². The number of alkyl halides is 3. The Labute approximate surface area is 132 Å². The smallest absolute Gasteiger partial charge is 0.406 e. The number of fused-ring (bicyclic) bond motifs is 1. The lowest BCUT2D eigenvalue weighted by molar-refractivity contribution is -0.274. The zero-order valence-electron chi connectivity index (χ0n) is 12.5. The van der Waals surface area contributed by atoms with Gasteiger partial charge < -0.3 is 9.26 Å². The molecule has 7 nitrogen and oxygen atoms in total. The fourth-order valence-corrected chi connectivity index (χ4v) is 2.19. The topological polar surface area (TPSA) is 83.0 Å². The molecule has 0 aliphatic rings. The molecular weight excluding hydrogens is 329 g/mol. The van der Waals surface area contributed by atoms with Gasteiger partial charge in [0, 0.05) is 0 Å². The highest BCUT2D eigenvalue weighted by molar-refractivity contribution is 5.78. The molecule has 0 spiro atoms. The predicted octanol–water partition coefficient (Wildman–Crippen LogP) is 2.60. The van der Waals surface area contributed by atoms with Gasteiger partial charge in [0.05, 0.1) is 17.2 Å². The summed E-state index contributed by atoms with van der Waals surface area (Å²) >= 11 is 0. The van der Waals surface area contributed by atoms with Crippen LogP contribution in [0.25, 0.3) is 10.9 Å². The minimum absolute atomic E-state index is 0.0117. The second-order valence-electron chi connectivity index (χ2n) is 5.04. The van der Waals surface area contributed by atoms with Crippen molar-refractivity contribution in [3.8, 4) is 5.75 Å². The zero-order chi connectivity index (χ0) is 17.5. The summed E-state index contributed by atoms with van der Waals surface area (Å²) in [4.78, 5) is 20.7. The highest BCUT2D eigenvalue weighted by Gasteiger charge is 2.31. The molecule has 10 heteroatoms. The van der Waals surface area contributed by atoms with Crippen LogP contribution in [0.1, 0.15) is 24.7 Å². The second-order valence-corrected chi connectivity index (χ2v) is 5.04. The molecule has 0 bridgehead atoms. The standard InChI is InChI=1S/C14H11F3N4O3/c1-7(12-19-8(2)20-24-12)21-6-18-11-4-3-9(23-14(15,16)17)5-10(11)13(21)22/h3-7H,1-2H3. The summed E-state index contributed by atoms with van der Waals surface area (Å²) in [6.45, 7) is 3.26. The van der Waals surface area contributed by atoms with Crippen molar-refractivity contribution >= 4 is 10.9 Å². The van der Waals surface area contributed by atoms with E-state index in [1.54, 1.807) is 13.8 Å². The number of benzene rings is 1. The molecule has 0 amide bonds. The van der Waals surface area contributed by atoms with Crippen molar-refractivity contribution in [2.45, 2.75) is 26.3 Å². The van der Waals surface area contributed by atoms with Gasteiger partial charge in [0.2, 0.25) is 5.89 Å². The van der Waals surface area contributed by atoms with E-state index in [9.17, 15) is 18.0 Å². The number of rotatable bonds is 3. The van der Waals surface area contributed by atoms with Crippen LogP contribution >= 0.6 is 0 Å². The van der Waals surface area contributed by atoms with Crippen LogP contribution in [-0.4, -0.2) is 26.1 Å². The van der Waals surface area contributed by atoms with Crippen LogP contribution in [0.5, 0.6) is 5.75 Å². The lowest BCUT2D eigenvalue weighted by Crippen LogP contribution is -2.25. The van der Waals surface area contributed by atoms with Crippen molar-refractivity contribution < 1.29 is 22.4 Å². The lowest BCUT2D eigenvalue weighted by Gasteiger charge is -2.12. The fourth-order valence-electron chi connectivity index (χ4n) is 2.19. The van der Waals surface area contributed by atoms with Crippen LogP contribution in [-0.2, 0) is 0 Å². The molecule has 126 valence electrons. The van der Waals surface area contributed by atoms with E-state index < -0.39 is 23.7 Å². The van der Waals surface area contributed by atoms with Crippen LogP contribution in [0.3, 0.4) is 0 Å². The quantitative estimate of drug-likeness (QED) is 0.729. The maximum atomic E-state index is 12.6. The lowest BCUT2D eigenvalue weighted by atomic mass is 10.2. The van der Waals surface area contributed by atoms with Crippen molar-refractivity contribution in [3.63, 3.8) is 0 Å². The Morgan fingerprint density at radius 1 is 1.33 bits per heavy atom. The van der Waals surface area contributed by atoms with E-state index in [-0.39, 0.29) is 16.8 Å². The molecule has 0 fully saturated rings. The molecule has 2 heterocycles. The molecule has 0 N–H and O–H groups in total. The SMILES string of the molecule is Cc1noc(C(C)n2cnc3ccc(OC(F)(F)F)cc3c2=O)n1. The third-order valence-corrected chi connectivity index (χ3v) is 3.31. The first-order valence-electron chi connectivity index (χ1n) is 6.81. The summed E-state index contributed by atoms with van der Waals surface area (Å²) in [7, 11) is 0. The van der Waals surface area contributed by atoms with E-state index in [2.05, 4.69) is 19.9 Å². The third kappa shape index (κ3) is 3.07. The zero-order valence-corrected chi connectivity index (χ0v) is 12.5. The number of aryl methyl sites for hydroxylation is 1. The summed E-state index contributed by atoms with van der Waals surface area (Å²) < 4.78 is 47.0. The molecule has 0 saturated heterocycles. The number of hydrogen-bond acceptors (Lipinski definition) is 6. The van der Waals surface area contributed by atoms with Crippen molar-refractivity contribution in [3.05, 3.63) is 46.6 Å². The number of hydrogen-bond donors (Lipinski definition) is 0. The summed E-state index contributed by atoms with van der Waals surface area (Å²) in [5.41, 5.74) is -0.296. The first-order valence-corrected chi connectivity index (χ1v) is 6.81. The Morgan fingerprint density at radius 2 is 2.08 bits per heavy atom. The Morgan fingerprint density at radius 3 is 2.71 bits per heavy atom. The van der Waals surface area contributed by atoms with Gasteiger partial charge in [-0.15, -0.1) is 13.2 Å². The van der Waals surface area contributed by atoms with Gasteiger partial charge in [0.15, 0.2) is 5.82 Å². The van der Waals surface area contributed by atoms with E-state index in [0.29, 0.717) is 5.82 Å². The van der Waals surface area contributed by atoms with Gasteiger partial charge in [-0.05, 0) is 32.0 Å². The normalized spacial score (nSPS) is 13.2. The third-order valence-electron chi connectivity index (χ3n) is 3.31. The van der Waals surface area contributed by atoms with E-state index in [0.717, 1.165) is 12.1 Å². The van der Waals surface area contributed by atoms with Gasteiger partial charge in [0.1, 0.15) is 11.8 Å². The average Bonchev–Trinajstić information content (AvgIpc) is 2.92. The van der Waals surface area contributed by atoms with Gasteiger partial charge in [-0.3, -0.25) is 9.36 Å². The van der Waals surface area contributed by atoms with Crippen molar-refractivity contribution in [2.75, 3.05) is 0 Å². The fraction of sp³-hybridized carbons (Fsp3) is 0.286. The molecule has 1 aromatic carbocycles. The summed E-state index contributed by atoms with van der Waals surface area (Å²) in [5, 5.41) is 3.63. The van der Waals surface area contributed by atoms with Crippen LogP contribution in [0, 0.1) is 6.92 Å². The van der Waals surface area contributed by atoms with Gasteiger partial charge in [-0.1, -0.05) is 5.16 Å². The first kappa shape index (κ1) is 16.0. The Bertz CT molecular complexity index is 948. The Hall–Kier alpha value is -2.91. The van der Waals surface area contributed by atoms with Gasteiger partial charge >= 0.3 is 6.36 Å². The summed E-state index contributed by atoms with van der Waals surface area (Å²) in [5.74, 6) is 0.103. The maximum Gasteiger partial charge on any atom is 0.573 e. The summed E-state index contributed by atoms with van der Waals surface area (Å²) in [6.07, 6.45) is -3.57. The largest absolute Gasteiger partial charge is 0.573 e. The van der Waals surface area contributed by atoms with Gasteiger partial charge in [-0.25, -0.2) is 4.98 Å². The van der Waals surface area contributed by atoms with E-state index in [4.69, 9.17) is 4.52 Å². The van der Waals surface area contributed by atoms with Crippen LogP contribution in [0.4, 0.5) is 13.2 Å². The Kier molecular flexibility index (Phi) is 3.74. The molecule has 0 radical (unpaired) electrons. The molecule has 0 aliphatic carbocycles. The number of ether oxygens (including phenoxy) is 1. The first-order chi connectivity index (χ1) is 11.2. The highest BCUT2D eigenvalue weighted by atomic mass is 19.4. The second kappa shape index (κ2) is 5.62. The predicted molar refractivity (Wildman–Crippen MR) is 75.5 cm³/mol. The average molecular weight is 340 g/mol. The Balaban J connectivity index is 2.07. The van der Waals surface area contributed by atoms with E-state index in [1.807, 2.05) is 0 Å². The van der Waals surface area contributed by atoms with Gasteiger partial charge in [0.25, 0.3) is 5.56 Å². The minimum atomic E-state index is -4.84. The highest BCUT2D eigenvalue weighted by Crippen LogP contribution is 2.25. The molecule has 3 aromatic rings.